The van der Waals surface area contributed by atoms with Crippen LogP contribution in [0, 0.1) is 3.57 Å². The van der Waals surface area contributed by atoms with E-state index in [0.717, 1.165) is 24.0 Å². The van der Waals surface area contributed by atoms with Crippen LogP contribution < -0.4 is 21.2 Å². The average molecular weight is 468 g/mol. The standard InChI is InChI=1S/C21H27INO3/c1-22-19-14-12-17(13-15-19)16-8-10-18(11-9-16)20(24)6-4-5-7-21(25)23(2)26-3/h8-15,20,24H,4-7H2,1-3H3/q-1. The van der Waals surface area contributed by atoms with Gasteiger partial charge in [-0.15, -0.1) is 0 Å². The van der Waals surface area contributed by atoms with Gasteiger partial charge in [0, 0.05) is 13.5 Å². The van der Waals surface area contributed by atoms with E-state index in [-0.39, 0.29) is 27.1 Å². The third-order valence-corrected chi connectivity index (χ3v) is 6.40. The van der Waals surface area contributed by atoms with E-state index in [1.807, 2.05) is 12.1 Å². The summed E-state index contributed by atoms with van der Waals surface area (Å²) in [5.74, 6) is -0.0393. The molecule has 4 nitrogen and oxygen atoms in total. The molecule has 0 heterocycles. The quantitative estimate of drug-likeness (QED) is 0.257. The second-order valence-electron chi connectivity index (χ2n) is 6.15. The van der Waals surface area contributed by atoms with Gasteiger partial charge in [0.25, 0.3) is 0 Å². The second-order valence-corrected chi connectivity index (χ2v) is 8.48. The van der Waals surface area contributed by atoms with E-state index in [9.17, 15) is 9.90 Å². The number of rotatable bonds is 9. The van der Waals surface area contributed by atoms with Crippen LogP contribution in [0.3, 0.4) is 0 Å². The zero-order valence-electron chi connectivity index (χ0n) is 15.6. The van der Waals surface area contributed by atoms with Gasteiger partial charge in [-0.2, -0.15) is 0 Å². The molecular weight excluding hydrogens is 441 g/mol. The van der Waals surface area contributed by atoms with Crippen molar-refractivity contribution < 1.29 is 35.9 Å². The van der Waals surface area contributed by atoms with Gasteiger partial charge in [0.2, 0.25) is 5.91 Å². The molecule has 0 saturated heterocycles. The van der Waals surface area contributed by atoms with E-state index in [0.29, 0.717) is 12.8 Å². The van der Waals surface area contributed by atoms with Gasteiger partial charge < -0.3 is 0 Å². The maximum atomic E-state index is 11.6. The number of alkyl halides is 1. The minimum absolute atomic E-state index is 0.0393. The Morgan fingerprint density at radius 1 is 1.08 bits per heavy atom. The fourth-order valence-corrected chi connectivity index (χ4v) is 3.78. The van der Waals surface area contributed by atoms with Crippen molar-refractivity contribution in [1.29, 1.82) is 0 Å². The van der Waals surface area contributed by atoms with Crippen LogP contribution in [-0.4, -0.2) is 35.2 Å². The van der Waals surface area contributed by atoms with Gasteiger partial charge in [0.15, 0.2) is 0 Å². The van der Waals surface area contributed by atoms with E-state index in [1.165, 1.54) is 21.3 Å². The van der Waals surface area contributed by atoms with Gasteiger partial charge in [-0.25, -0.2) is 5.06 Å². The molecule has 5 heteroatoms. The van der Waals surface area contributed by atoms with Crippen LogP contribution in [0.5, 0.6) is 0 Å². The van der Waals surface area contributed by atoms with Gasteiger partial charge in [0.05, 0.1) is 7.11 Å². The van der Waals surface area contributed by atoms with Crippen LogP contribution in [0.15, 0.2) is 48.5 Å². The maximum absolute atomic E-state index is 11.6. The van der Waals surface area contributed by atoms with Crippen molar-refractivity contribution in [2.75, 3.05) is 19.1 Å². The molecule has 0 spiro atoms. The number of unbranched alkanes of at least 4 members (excludes halogenated alkanes) is 1. The Hall–Kier alpha value is -1.44. The van der Waals surface area contributed by atoms with E-state index in [4.69, 9.17) is 4.84 Å². The molecule has 0 radical (unpaired) electrons. The number of halogens is 1. The number of carbonyl (C=O) groups excluding carboxylic acids is 1. The minimum atomic E-state index is -0.494. The molecule has 0 aromatic heterocycles. The first-order chi connectivity index (χ1) is 12.5. The van der Waals surface area contributed by atoms with Crippen molar-refractivity contribution in [2.45, 2.75) is 31.8 Å². The number of hydroxylamine groups is 2. The Balaban J connectivity index is 1.84. The molecule has 1 unspecified atom stereocenters. The third-order valence-electron chi connectivity index (χ3n) is 4.43. The normalized spacial score (nSPS) is 12.2. The first kappa shape index (κ1) is 20.9. The summed E-state index contributed by atoms with van der Waals surface area (Å²) < 4.78 is 1.44. The number of carbonyl (C=O) groups is 1. The molecule has 0 fully saturated rings. The van der Waals surface area contributed by atoms with Crippen molar-refractivity contribution >= 4 is 5.91 Å². The molecular formula is C21H27INO3-. The van der Waals surface area contributed by atoms with E-state index in [1.54, 1.807) is 7.05 Å². The summed E-state index contributed by atoms with van der Waals surface area (Å²) in [6, 6.07) is 16.8. The number of hydrogen-bond acceptors (Lipinski definition) is 3. The molecule has 1 N–H and O–H groups in total. The third kappa shape index (κ3) is 6.07. The number of amides is 1. The first-order valence-corrected chi connectivity index (χ1v) is 12.0. The summed E-state index contributed by atoms with van der Waals surface area (Å²) in [4.78, 5) is 18.8. The second kappa shape index (κ2) is 10.6. The van der Waals surface area contributed by atoms with Crippen molar-refractivity contribution in [2.24, 2.45) is 0 Å². The van der Waals surface area contributed by atoms with Crippen molar-refractivity contribution in [3.63, 3.8) is 0 Å². The monoisotopic (exact) mass is 468 g/mol. The van der Waals surface area contributed by atoms with Crippen LogP contribution >= 0.6 is 0 Å². The van der Waals surface area contributed by atoms with Gasteiger partial charge in [0.1, 0.15) is 0 Å². The summed E-state index contributed by atoms with van der Waals surface area (Å²) in [6.07, 6.45) is 2.14. The molecule has 2 aromatic rings. The van der Waals surface area contributed by atoms with Gasteiger partial charge in [-0.05, 0) is 0 Å². The molecule has 0 aliphatic carbocycles. The fourth-order valence-electron chi connectivity index (χ4n) is 2.71. The van der Waals surface area contributed by atoms with E-state index in [2.05, 4.69) is 41.3 Å². The molecule has 2 aromatic carbocycles. The molecule has 1 amide bonds. The molecule has 1 atom stereocenters. The summed E-state index contributed by atoms with van der Waals surface area (Å²) in [7, 11) is 3.08. The number of aliphatic hydroxyl groups excluding tert-OH is 1. The molecule has 0 saturated carbocycles. The Bertz CT molecular complexity index is 685. The molecule has 2 rings (SSSR count). The van der Waals surface area contributed by atoms with Gasteiger partial charge in [-0.3, -0.25) is 9.63 Å². The summed E-state index contributed by atoms with van der Waals surface area (Å²) in [5.41, 5.74) is 3.29. The SMILES string of the molecule is CON(C)C(=O)CCCCC(O)c1ccc(-c2ccc([I-]C)cc2)cc1. The summed E-state index contributed by atoms with van der Waals surface area (Å²) in [6.45, 7) is 0. The van der Waals surface area contributed by atoms with E-state index >= 15 is 0 Å². The Labute approximate surface area is 166 Å². The van der Waals surface area contributed by atoms with Crippen molar-refractivity contribution in [3.8, 4) is 11.1 Å². The van der Waals surface area contributed by atoms with E-state index < -0.39 is 6.10 Å². The number of aliphatic hydroxyl groups is 1. The molecule has 0 bridgehead atoms. The molecule has 26 heavy (non-hydrogen) atoms. The summed E-state index contributed by atoms with van der Waals surface area (Å²) in [5, 5.41) is 11.6. The molecule has 142 valence electrons. The average Bonchev–Trinajstić information content (AvgIpc) is 2.70. The van der Waals surface area contributed by atoms with Crippen LogP contribution in [0.1, 0.15) is 37.4 Å². The molecule has 0 aliphatic heterocycles. The molecule has 0 aliphatic rings. The number of benzene rings is 2. The van der Waals surface area contributed by atoms with Crippen molar-refractivity contribution in [3.05, 3.63) is 57.7 Å². The Morgan fingerprint density at radius 2 is 1.65 bits per heavy atom. The number of hydrogen-bond donors (Lipinski definition) is 1. The topological polar surface area (TPSA) is 49.8 Å². The van der Waals surface area contributed by atoms with Gasteiger partial charge in [-0.1, -0.05) is 0 Å². The van der Waals surface area contributed by atoms with Crippen LogP contribution in [0.2, 0.25) is 0 Å². The van der Waals surface area contributed by atoms with Crippen LogP contribution in [0.4, 0.5) is 0 Å². The van der Waals surface area contributed by atoms with Crippen molar-refractivity contribution in [1.82, 2.24) is 5.06 Å². The number of nitrogens with zero attached hydrogens (tertiary/aromatic N) is 1. The zero-order chi connectivity index (χ0) is 18.9. The predicted octanol–water partition coefficient (Wildman–Crippen LogP) is 0.856. The van der Waals surface area contributed by atoms with Crippen LogP contribution in [0.25, 0.3) is 11.1 Å². The van der Waals surface area contributed by atoms with Gasteiger partial charge >= 0.3 is 125 Å². The first-order valence-electron chi connectivity index (χ1n) is 8.73. The Kier molecular flexibility index (Phi) is 8.54. The predicted molar refractivity (Wildman–Crippen MR) is 99.7 cm³/mol. The fraction of sp³-hybridized carbons (Fsp3) is 0.381. The van der Waals surface area contributed by atoms with Crippen LogP contribution in [-0.2, 0) is 9.63 Å². The summed E-state index contributed by atoms with van der Waals surface area (Å²) >= 11 is 0.131. The zero-order valence-corrected chi connectivity index (χ0v) is 17.8. The Morgan fingerprint density at radius 3 is 2.19 bits per heavy atom.